The summed E-state index contributed by atoms with van der Waals surface area (Å²) >= 11 is 0. The van der Waals surface area contributed by atoms with E-state index in [1.54, 1.807) is 25.1 Å². The second-order valence-corrected chi connectivity index (χ2v) is 8.50. The molecule has 3 rings (SSSR count). The fourth-order valence-corrected chi connectivity index (χ4v) is 3.92. The topological polar surface area (TPSA) is 105 Å². The molecule has 1 aromatic carbocycles. The first-order chi connectivity index (χ1) is 15.9. The number of carbonyl (C=O) groups excluding carboxylic acids is 3. The van der Waals surface area contributed by atoms with E-state index in [9.17, 15) is 18.8 Å². The average molecular weight is 459 g/mol. The third kappa shape index (κ3) is 8.32. The lowest BCUT2D eigenvalue weighted by Gasteiger charge is -2.26. The predicted molar refractivity (Wildman–Crippen MR) is 121 cm³/mol. The van der Waals surface area contributed by atoms with Crippen LogP contribution in [-0.4, -0.2) is 40.4 Å². The number of carbonyl (C=O) groups is 3. The Morgan fingerprint density at radius 3 is 2.48 bits per heavy atom. The molecule has 0 bridgehead atoms. The molecule has 0 aliphatic heterocycles. The minimum atomic E-state index is -0.361. The Morgan fingerprint density at radius 2 is 1.82 bits per heavy atom. The van der Waals surface area contributed by atoms with Gasteiger partial charge >= 0.3 is 0 Å². The van der Waals surface area contributed by atoms with Gasteiger partial charge in [-0.05, 0) is 43.9 Å². The van der Waals surface area contributed by atoms with Crippen LogP contribution in [0.25, 0.3) is 0 Å². The van der Waals surface area contributed by atoms with Crippen LogP contribution in [0.2, 0.25) is 0 Å². The van der Waals surface area contributed by atoms with Crippen LogP contribution in [0.4, 0.5) is 10.2 Å². The van der Waals surface area contributed by atoms with Crippen LogP contribution >= 0.6 is 0 Å². The maximum atomic E-state index is 13.3. The maximum absolute atomic E-state index is 13.3. The van der Waals surface area contributed by atoms with E-state index < -0.39 is 0 Å². The summed E-state index contributed by atoms with van der Waals surface area (Å²) in [7, 11) is 0. The number of benzene rings is 1. The van der Waals surface area contributed by atoms with E-state index in [0.29, 0.717) is 18.0 Å². The van der Waals surface area contributed by atoms with Crippen LogP contribution in [0.1, 0.15) is 62.7 Å². The van der Waals surface area contributed by atoms with Crippen LogP contribution in [-0.2, 0) is 20.9 Å². The molecule has 1 fully saturated rings. The van der Waals surface area contributed by atoms with Gasteiger partial charge in [0.25, 0.3) is 0 Å². The van der Waals surface area contributed by atoms with Crippen LogP contribution < -0.4 is 10.6 Å². The van der Waals surface area contributed by atoms with Gasteiger partial charge in [-0.1, -0.05) is 36.6 Å². The zero-order valence-corrected chi connectivity index (χ0v) is 18.9. The molecule has 2 N–H and O–H groups in total. The molecule has 1 saturated carbocycles. The van der Waals surface area contributed by atoms with E-state index in [1.165, 1.54) is 23.5 Å². The van der Waals surface area contributed by atoms with Gasteiger partial charge in [-0.3, -0.25) is 14.4 Å². The van der Waals surface area contributed by atoms with Crippen molar-refractivity contribution in [2.75, 3.05) is 11.9 Å². The lowest BCUT2D eigenvalue weighted by atomic mass is 9.95. The van der Waals surface area contributed by atoms with Gasteiger partial charge in [0.2, 0.25) is 17.7 Å². The molecular formula is C24H31FN4O4. The molecule has 178 valence electrons. The van der Waals surface area contributed by atoms with Crippen molar-refractivity contribution in [3.8, 4) is 0 Å². The molecule has 9 heteroatoms. The fourth-order valence-electron chi connectivity index (χ4n) is 3.92. The number of hydrogen-bond donors (Lipinski definition) is 2. The molecule has 0 atom stereocenters. The molecule has 0 radical (unpaired) electrons. The minimum Gasteiger partial charge on any atom is -0.360 e. The SMILES string of the molecule is Cc1cc(NC(=O)CCCC(=O)N(CC(=O)NC2CCCCC2)Cc2ccc(F)cc2)no1. The number of hydrogen-bond acceptors (Lipinski definition) is 5. The summed E-state index contributed by atoms with van der Waals surface area (Å²) in [5.41, 5.74) is 0.731. The Labute approximate surface area is 192 Å². The summed E-state index contributed by atoms with van der Waals surface area (Å²) in [4.78, 5) is 39.1. The molecule has 1 aromatic heterocycles. The van der Waals surface area contributed by atoms with E-state index in [4.69, 9.17) is 4.52 Å². The zero-order chi connectivity index (χ0) is 23.6. The number of nitrogens with one attached hydrogen (secondary N) is 2. The lowest BCUT2D eigenvalue weighted by Crippen LogP contribution is -2.44. The van der Waals surface area contributed by atoms with Gasteiger partial charge in [-0.15, -0.1) is 0 Å². The van der Waals surface area contributed by atoms with Gasteiger partial charge in [0.15, 0.2) is 5.82 Å². The molecule has 1 heterocycles. The highest BCUT2D eigenvalue weighted by molar-refractivity contribution is 5.90. The van der Waals surface area contributed by atoms with E-state index in [0.717, 1.165) is 31.2 Å². The summed E-state index contributed by atoms with van der Waals surface area (Å²) < 4.78 is 18.2. The Hall–Kier alpha value is -3.23. The van der Waals surface area contributed by atoms with Gasteiger partial charge < -0.3 is 20.1 Å². The predicted octanol–water partition coefficient (Wildman–Crippen LogP) is 3.71. The first-order valence-corrected chi connectivity index (χ1v) is 11.4. The molecule has 3 amide bonds. The quantitative estimate of drug-likeness (QED) is 0.565. The Morgan fingerprint density at radius 1 is 1.09 bits per heavy atom. The molecular weight excluding hydrogens is 427 g/mol. The Balaban J connectivity index is 1.53. The number of anilines is 1. The van der Waals surface area contributed by atoms with Gasteiger partial charge in [0.1, 0.15) is 11.6 Å². The van der Waals surface area contributed by atoms with E-state index in [2.05, 4.69) is 15.8 Å². The van der Waals surface area contributed by atoms with Crippen molar-refractivity contribution in [2.45, 2.75) is 70.9 Å². The molecule has 8 nitrogen and oxygen atoms in total. The number of aryl methyl sites for hydroxylation is 1. The molecule has 1 aliphatic rings. The van der Waals surface area contributed by atoms with Crippen molar-refractivity contribution < 1.29 is 23.3 Å². The summed E-state index contributed by atoms with van der Waals surface area (Å²) in [6, 6.07) is 7.62. The number of nitrogens with zero attached hydrogens (tertiary/aromatic N) is 2. The molecule has 0 spiro atoms. The third-order valence-corrected chi connectivity index (χ3v) is 5.63. The fraction of sp³-hybridized carbons (Fsp3) is 0.500. The number of aromatic nitrogens is 1. The second kappa shape index (κ2) is 12.1. The molecule has 2 aromatic rings. The van der Waals surface area contributed by atoms with E-state index >= 15 is 0 Å². The first kappa shape index (κ1) is 24.4. The highest BCUT2D eigenvalue weighted by Gasteiger charge is 2.21. The number of rotatable bonds is 10. The molecule has 0 saturated heterocycles. The van der Waals surface area contributed by atoms with Gasteiger partial charge in [-0.2, -0.15) is 0 Å². The van der Waals surface area contributed by atoms with Gasteiger partial charge in [0, 0.05) is 31.5 Å². The van der Waals surface area contributed by atoms with E-state index in [1.807, 2.05) is 0 Å². The normalized spacial score (nSPS) is 14.0. The van der Waals surface area contributed by atoms with Gasteiger partial charge in [0.05, 0.1) is 6.54 Å². The smallest absolute Gasteiger partial charge is 0.239 e. The van der Waals surface area contributed by atoms with Crippen molar-refractivity contribution >= 4 is 23.5 Å². The van der Waals surface area contributed by atoms with Crippen molar-refractivity contribution in [1.82, 2.24) is 15.4 Å². The summed E-state index contributed by atoms with van der Waals surface area (Å²) in [6.07, 6.45) is 5.87. The largest absolute Gasteiger partial charge is 0.360 e. The second-order valence-electron chi connectivity index (χ2n) is 8.50. The van der Waals surface area contributed by atoms with Gasteiger partial charge in [-0.25, -0.2) is 4.39 Å². The first-order valence-electron chi connectivity index (χ1n) is 11.4. The lowest BCUT2D eigenvalue weighted by molar-refractivity contribution is -0.137. The summed E-state index contributed by atoms with van der Waals surface area (Å²) in [5.74, 6) is -0.138. The van der Waals surface area contributed by atoms with Crippen LogP contribution in [0.15, 0.2) is 34.9 Å². The molecule has 0 unspecified atom stereocenters. The minimum absolute atomic E-state index is 0.0723. The standard InChI is InChI=1S/C24H31FN4O4/c1-17-14-21(28-33-17)27-22(30)8-5-9-24(32)29(15-18-10-12-19(25)13-11-18)16-23(31)26-20-6-3-2-4-7-20/h10-14,20H,2-9,15-16H2,1H3,(H,26,31)(H,27,28,30). The monoisotopic (exact) mass is 458 g/mol. The van der Waals surface area contributed by atoms with Crippen molar-refractivity contribution in [2.24, 2.45) is 0 Å². The van der Waals surface area contributed by atoms with E-state index in [-0.39, 0.29) is 55.5 Å². The zero-order valence-electron chi connectivity index (χ0n) is 18.9. The highest BCUT2D eigenvalue weighted by Crippen LogP contribution is 2.17. The van der Waals surface area contributed by atoms with Crippen LogP contribution in [0.3, 0.4) is 0 Å². The van der Waals surface area contributed by atoms with Crippen molar-refractivity contribution in [1.29, 1.82) is 0 Å². The Kier molecular flexibility index (Phi) is 8.97. The molecule has 1 aliphatic carbocycles. The van der Waals surface area contributed by atoms with Crippen LogP contribution in [0.5, 0.6) is 0 Å². The maximum Gasteiger partial charge on any atom is 0.239 e. The Bertz CT molecular complexity index is 938. The average Bonchev–Trinajstić information content (AvgIpc) is 3.19. The highest BCUT2D eigenvalue weighted by atomic mass is 19.1. The number of amides is 3. The summed E-state index contributed by atoms with van der Waals surface area (Å²) in [5, 5.41) is 9.36. The molecule has 33 heavy (non-hydrogen) atoms. The summed E-state index contributed by atoms with van der Waals surface area (Å²) in [6.45, 7) is 1.85. The number of halogens is 1. The van der Waals surface area contributed by atoms with Crippen LogP contribution in [0, 0.1) is 12.7 Å². The van der Waals surface area contributed by atoms with Crippen molar-refractivity contribution in [3.05, 3.63) is 47.5 Å². The third-order valence-electron chi connectivity index (χ3n) is 5.63. The van der Waals surface area contributed by atoms with Crippen molar-refractivity contribution in [3.63, 3.8) is 0 Å².